The molecule has 1 heterocycles. The number of amides is 1. The predicted molar refractivity (Wildman–Crippen MR) is 89.7 cm³/mol. The molecule has 5 nitrogen and oxygen atoms in total. The second kappa shape index (κ2) is 7.98. The Morgan fingerprint density at radius 1 is 1.23 bits per heavy atom. The number of carbonyl (C=O) groups excluding carboxylic acids is 1. The number of hydrogen-bond acceptors (Lipinski definition) is 4. The summed E-state index contributed by atoms with van der Waals surface area (Å²) < 4.78 is 1.92. The van der Waals surface area contributed by atoms with Gasteiger partial charge in [-0.1, -0.05) is 55.9 Å². The highest BCUT2D eigenvalue weighted by atomic mass is 32.2. The van der Waals surface area contributed by atoms with Crippen LogP contribution in [0.3, 0.4) is 0 Å². The molecule has 1 aromatic carbocycles. The molecule has 22 heavy (non-hydrogen) atoms. The van der Waals surface area contributed by atoms with E-state index in [0.29, 0.717) is 5.75 Å². The Morgan fingerprint density at radius 3 is 2.55 bits per heavy atom. The van der Waals surface area contributed by atoms with Gasteiger partial charge in [-0.2, -0.15) is 0 Å². The molecule has 1 aromatic heterocycles. The van der Waals surface area contributed by atoms with Gasteiger partial charge in [-0.25, -0.2) is 0 Å². The molecule has 0 aliphatic carbocycles. The van der Waals surface area contributed by atoms with Gasteiger partial charge in [0.05, 0.1) is 5.75 Å². The largest absolute Gasteiger partial charge is 0.353 e. The van der Waals surface area contributed by atoms with Gasteiger partial charge < -0.3 is 9.88 Å². The lowest BCUT2D eigenvalue weighted by molar-refractivity contribution is -0.119. The monoisotopic (exact) mass is 318 g/mol. The summed E-state index contributed by atoms with van der Waals surface area (Å²) in [4.78, 5) is 11.9. The summed E-state index contributed by atoms with van der Waals surface area (Å²) in [5.41, 5.74) is 1.02. The Labute approximate surface area is 135 Å². The first-order valence-electron chi connectivity index (χ1n) is 7.52. The molecule has 6 heteroatoms. The van der Waals surface area contributed by atoms with E-state index in [1.807, 2.05) is 41.9 Å². The Hall–Kier alpha value is -1.82. The molecular weight excluding hydrogens is 296 g/mol. The van der Waals surface area contributed by atoms with Gasteiger partial charge in [0.25, 0.3) is 0 Å². The number of carbonyl (C=O) groups is 1. The lowest BCUT2D eigenvalue weighted by Gasteiger charge is -2.14. The van der Waals surface area contributed by atoms with Crippen LogP contribution in [-0.2, 0) is 11.8 Å². The number of rotatable bonds is 7. The van der Waals surface area contributed by atoms with Crippen LogP contribution in [0.5, 0.6) is 0 Å². The fraction of sp³-hybridized carbons (Fsp3) is 0.438. The van der Waals surface area contributed by atoms with Crippen LogP contribution in [0.15, 0.2) is 35.5 Å². The summed E-state index contributed by atoms with van der Waals surface area (Å²) >= 11 is 1.41. The molecule has 0 atom stereocenters. The number of thioether (sulfide) groups is 1. The van der Waals surface area contributed by atoms with Gasteiger partial charge in [-0.05, 0) is 12.8 Å². The number of nitrogens with one attached hydrogen (secondary N) is 1. The zero-order chi connectivity index (χ0) is 15.9. The molecule has 0 radical (unpaired) electrons. The minimum absolute atomic E-state index is 0.0444. The maximum atomic E-state index is 11.9. The molecule has 0 aliphatic heterocycles. The molecule has 0 fully saturated rings. The van der Waals surface area contributed by atoms with E-state index >= 15 is 0 Å². The quantitative estimate of drug-likeness (QED) is 0.798. The van der Waals surface area contributed by atoms with Crippen molar-refractivity contribution < 1.29 is 4.79 Å². The van der Waals surface area contributed by atoms with Crippen LogP contribution in [0, 0.1) is 0 Å². The minimum atomic E-state index is 0.0444. The van der Waals surface area contributed by atoms with Crippen molar-refractivity contribution in [2.24, 2.45) is 7.05 Å². The topological polar surface area (TPSA) is 59.8 Å². The van der Waals surface area contributed by atoms with Gasteiger partial charge in [0.2, 0.25) is 5.91 Å². The van der Waals surface area contributed by atoms with Crippen molar-refractivity contribution in [3.05, 3.63) is 30.3 Å². The van der Waals surface area contributed by atoms with Crippen LogP contribution in [0.25, 0.3) is 11.4 Å². The van der Waals surface area contributed by atoms with E-state index in [1.54, 1.807) is 0 Å². The summed E-state index contributed by atoms with van der Waals surface area (Å²) in [7, 11) is 1.92. The second-order valence-electron chi connectivity index (χ2n) is 5.10. The molecule has 2 rings (SSSR count). The van der Waals surface area contributed by atoms with Crippen molar-refractivity contribution >= 4 is 17.7 Å². The van der Waals surface area contributed by atoms with Crippen molar-refractivity contribution in [2.75, 3.05) is 5.75 Å². The van der Waals surface area contributed by atoms with Gasteiger partial charge in [0.1, 0.15) is 0 Å². The van der Waals surface area contributed by atoms with Crippen molar-refractivity contribution in [1.82, 2.24) is 20.1 Å². The Balaban J connectivity index is 1.97. The van der Waals surface area contributed by atoms with Crippen LogP contribution < -0.4 is 5.32 Å². The minimum Gasteiger partial charge on any atom is -0.353 e. The third-order valence-corrected chi connectivity index (χ3v) is 4.57. The maximum Gasteiger partial charge on any atom is 0.230 e. The molecule has 118 valence electrons. The molecule has 0 unspecified atom stereocenters. The van der Waals surface area contributed by atoms with Crippen LogP contribution in [0.1, 0.15) is 26.7 Å². The third-order valence-electron chi connectivity index (χ3n) is 3.55. The Bertz CT molecular complexity index is 608. The van der Waals surface area contributed by atoms with Crippen LogP contribution in [0.4, 0.5) is 0 Å². The van der Waals surface area contributed by atoms with Gasteiger partial charge in [0, 0.05) is 18.7 Å². The van der Waals surface area contributed by atoms with Crippen LogP contribution >= 0.6 is 11.8 Å². The molecule has 2 aromatic rings. The van der Waals surface area contributed by atoms with E-state index in [4.69, 9.17) is 0 Å². The molecule has 0 saturated heterocycles. The van der Waals surface area contributed by atoms with E-state index in [0.717, 1.165) is 29.4 Å². The lowest BCUT2D eigenvalue weighted by Crippen LogP contribution is -2.35. The maximum absolute atomic E-state index is 11.9. The molecule has 1 N–H and O–H groups in total. The molecule has 0 spiro atoms. The summed E-state index contributed by atoms with van der Waals surface area (Å²) in [6, 6.07) is 10.2. The Kier molecular flexibility index (Phi) is 6.00. The van der Waals surface area contributed by atoms with Gasteiger partial charge in [-0.15, -0.1) is 10.2 Å². The number of aromatic nitrogens is 3. The van der Waals surface area contributed by atoms with E-state index in [-0.39, 0.29) is 11.9 Å². The van der Waals surface area contributed by atoms with Gasteiger partial charge >= 0.3 is 0 Å². The zero-order valence-corrected chi connectivity index (χ0v) is 14.1. The van der Waals surface area contributed by atoms with Gasteiger partial charge in [0.15, 0.2) is 11.0 Å². The summed E-state index contributed by atoms with van der Waals surface area (Å²) in [6.07, 6.45) is 1.91. The van der Waals surface area contributed by atoms with E-state index in [9.17, 15) is 4.79 Å². The summed E-state index contributed by atoms with van der Waals surface area (Å²) in [5, 5.41) is 12.2. The SMILES string of the molecule is CCC(CC)NC(=O)CSc1nnc(-c2ccccc2)n1C. The van der Waals surface area contributed by atoms with Crippen molar-refractivity contribution in [2.45, 2.75) is 37.9 Å². The average Bonchev–Trinajstić information content (AvgIpc) is 2.92. The normalized spacial score (nSPS) is 10.9. The number of nitrogens with zero attached hydrogens (tertiary/aromatic N) is 3. The first kappa shape index (κ1) is 16.5. The molecule has 0 saturated carbocycles. The summed E-state index contributed by atoms with van der Waals surface area (Å²) in [6.45, 7) is 4.16. The fourth-order valence-electron chi connectivity index (χ4n) is 2.17. The van der Waals surface area contributed by atoms with Crippen LogP contribution in [-0.4, -0.2) is 32.5 Å². The lowest BCUT2D eigenvalue weighted by atomic mass is 10.2. The first-order chi connectivity index (χ1) is 10.7. The van der Waals surface area contributed by atoms with Gasteiger partial charge in [-0.3, -0.25) is 4.79 Å². The third kappa shape index (κ3) is 4.10. The zero-order valence-electron chi connectivity index (χ0n) is 13.2. The Morgan fingerprint density at radius 2 is 1.91 bits per heavy atom. The molecule has 0 bridgehead atoms. The number of hydrogen-bond donors (Lipinski definition) is 1. The van der Waals surface area contributed by atoms with Crippen LogP contribution in [0.2, 0.25) is 0 Å². The fourth-order valence-corrected chi connectivity index (χ4v) is 2.89. The van der Waals surface area contributed by atoms with E-state index < -0.39 is 0 Å². The molecular formula is C16H22N4OS. The summed E-state index contributed by atoms with van der Waals surface area (Å²) in [5.74, 6) is 1.21. The van der Waals surface area contributed by atoms with E-state index in [2.05, 4.69) is 29.4 Å². The number of benzene rings is 1. The second-order valence-corrected chi connectivity index (χ2v) is 6.04. The van der Waals surface area contributed by atoms with E-state index in [1.165, 1.54) is 11.8 Å². The molecule has 0 aliphatic rings. The predicted octanol–water partition coefficient (Wildman–Crippen LogP) is 2.88. The van der Waals surface area contributed by atoms with Crippen molar-refractivity contribution in [3.8, 4) is 11.4 Å². The smallest absolute Gasteiger partial charge is 0.230 e. The highest BCUT2D eigenvalue weighted by Gasteiger charge is 2.14. The molecule has 1 amide bonds. The standard InChI is InChI=1S/C16H22N4OS/c1-4-13(5-2)17-14(21)11-22-16-19-18-15(20(16)3)12-9-7-6-8-10-12/h6-10,13H,4-5,11H2,1-3H3,(H,17,21). The highest BCUT2D eigenvalue weighted by molar-refractivity contribution is 7.99. The van der Waals surface area contributed by atoms with Crippen molar-refractivity contribution in [1.29, 1.82) is 0 Å². The average molecular weight is 318 g/mol. The van der Waals surface area contributed by atoms with Crippen molar-refractivity contribution in [3.63, 3.8) is 0 Å². The highest BCUT2D eigenvalue weighted by Crippen LogP contribution is 2.22. The first-order valence-corrected chi connectivity index (χ1v) is 8.51.